The SMILES string of the molecule is CCNC(=NCc1cccc(C(=O)NC)c1)NCCc1c[nH]c2ccc(F)cc12. The number of carbonyl (C=O) groups is 1. The second-order valence-electron chi connectivity index (χ2n) is 6.66. The number of amides is 1. The van der Waals surface area contributed by atoms with Crippen LogP contribution in [0.25, 0.3) is 10.9 Å². The summed E-state index contributed by atoms with van der Waals surface area (Å²) in [5, 5.41) is 10.1. The standard InChI is InChI=1S/C22H26FN5O/c1-3-25-22(28-13-15-5-4-6-16(11-15)21(29)24-2)26-10-9-17-14-27-20-8-7-18(23)12-19(17)20/h4-8,11-12,14,27H,3,9-10,13H2,1-2H3,(H,24,29)(H2,25,26,28). The maximum absolute atomic E-state index is 13.5. The zero-order valence-electron chi connectivity index (χ0n) is 16.7. The van der Waals surface area contributed by atoms with Crippen molar-refractivity contribution in [2.45, 2.75) is 19.9 Å². The third-order valence-corrected chi connectivity index (χ3v) is 4.60. The van der Waals surface area contributed by atoms with Gasteiger partial charge in [-0.2, -0.15) is 0 Å². The van der Waals surface area contributed by atoms with E-state index in [9.17, 15) is 9.18 Å². The van der Waals surface area contributed by atoms with Gasteiger partial charge in [0, 0.05) is 42.8 Å². The molecule has 3 rings (SSSR count). The highest BCUT2D eigenvalue weighted by molar-refractivity contribution is 5.94. The van der Waals surface area contributed by atoms with Crippen molar-refractivity contribution in [1.29, 1.82) is 0 Å². The molecular formula is C22H26FN5O. The van der Waals surface area contributed by atoms with E-state index in [-0.39, 0.29) is 11.7 Å². The first-order valence-electron chi connectivity index (χ1n) is 9.69. The van der Waals surface area contributed by atoms with Crippen LogP contribution in [-0.4, -0.2) is 37.0 Å². The molecule has 29 heavy (non-hydrogen) atoms. The summed E-state index contributed by atoms with van der Waals surface area (Å²) in [6.07, 6.45) is 2.65. The highest BCUT2D eigenvalue weighted by Gasteiger charge is 2.06. The summed E-state index contributed by atoms with van der Waals surface area (Å²) in [5.74, 6) is 0.347. The minimum absolute atomic E-state index is 0.115. The van der Waals surface area contributed by atoms with Gasteiger partial charge in [0.25, 0.3) is 5.91 Å². The molecule has 6 nitrogen and oxygen atoms in total. The van der Waals surface area contributed by atoms with Gasteiger partial charge in [-0.15, -0.1) is 0 Å². The molecule has 1 heterocycles. The summed E-state index contributed by atoms with van der Waals surface area (Å²) in [7, 11) is 1.61. The minimum Gasteiger partial charge on any atom is -0.361 e. The maximum Gasteiger partial charge on any atom is 0.251 e. The topological polar surface area (TPSA) is 81.3 Å². The van der Waals surface area contributed by atoms with Crippen LogP contribution in [0.4, 0.5) is 4.39 Å². The predicted octanol–water partition coefficient (Wildman–Crippen LogP) is 2.96. The second kappa shape index (κ2) is 9.73. The average molecular weight is 395 g/mol. The van der Waals surface area contributed by atoms with Crippen molar-refractivity contribution in [2.24, 2.45) is 4.99 Å². The molecule has 0 radical (unpaired) electrons. The third kappa shape index (κ3) is 5.34. The molecular weight excluding hydrogens is 369 g/mol. The Labute approximate surface area is 169 Å². The number of carbonyl (C=O) groups excluding carboxylic acids is 1. The van der Waals surface area contributed by atoms with E-state index in [1.165, 1.54) is 6.07 Å². The number of H-pyrrole nitrogens is 1. The van der Waals surface area contributed by atoms with Gasteiger partial charge in [-0.3, -0.25) is 4.79 Å². The molecule has 0 atom stereocenters. The molecule has 0 spiro atoms. The fourth-order valence-corrected chi connectivity index (χ4v) is 3.14. The Hall–Kier alpha value is -3.35. The lowest BCUT2D eigenvalue weighted by molar-refractivity contribution is 0.0963. The molecule has 0 aliphatic carbocycles. The van der Waals surface area contributed by atoms with Crippen molar-refractivity contribution in [3.63, 3.8) is 0 Å². The van der Waals surface area contributed by atoms with Crippen LogP contribution >= 0.6 is 0 Å². The zero-order valence-corrected chi connectivity index (χ0v) is 16.7. The van der Waals surface area contributed by atoms with E-state index in [1.54, 1.807) is 25.2 Å². The Morgan fingerprint density at radius 1 is 1.17 bits per heavy atom. The van der Waals surface area contributed by atoms with E-state index in [4.69, 9.17) is 0 Å². The van der Waals surface area contributed by atoms with Crippen molar-refractivity contribution in [3.8, 4) is 0 Å². The van der Waals surface area contributed by atoms with Crippen LogP contribution in [0.3, 0.4) is 0 Å². The lowest BCUT2D eigenvalue weighted by Crippen LogP contribution is -2.38. The zero-order chi connectivity index (χ0) is 20.6. The molecule has 0 fully saturated rings. The van der Waals surface area contributed by atoms with Crippen LogP contribution in [-0.2, 0) is 13.0 Å². The Morgan fingerprint density at radius 2 is 2.03 bits per heavy atom. The van der Waals surface area contributed by atoms with E-state index in [0.717, 1.165) is 35.0 Å². The molecule has 0 aliphatic heterocycles. The summed E-state index contributed by atoms with van der Waals surface area (Å²) in [6.45, 7) is 3.86. The first kappa shape index (κ1) is 20.4. The largest absolute Gasteiger partial charge is 0.361 e. The van der Waals surface area contributed by atoms with Crippen molar-refractivity contribution in [3.05, 3.63) is 71.2 Å². The Morgan fingerprint density at radius 3 is 2.83 bits per heavy atom. The fourth-order valence-electron chi connectivity index (χ4n) is 3.14. The van der Waals surface area contributed by atoms with E-state index in [1.807, 2.05) is 31.3 Å². The number of fused-ring (bicyclic) bond motifs is 1. The molecule has 152 valence electrons. The molecule has 0 bridgehead atoms. The Balaban J connectivity index is 1.62. The van der Waals surface area contributed by atoms with Gasteiger partial charge in [0.2, 0.25) is 0 Å². The van der Waals surface area contributed by atoms with Gasteiger partial charge in [0.15, 0.2) is 5.96 Å². The fraction of sp³-hybridized carbons (Fsp3) is 0.273. The summed E-state index contributed by atoms with van der Waals surface area (Å²) in [4.78, 5) is 19.5. The lowest BCUT2D eigenvalue weighted by atomic mass is 10.1. The highest BCUT2D eigenvalue weighted by Crippen LogP contribution is 2.19. The number of aromatic nitrogens is 1. The number of aromatic amines is 1. The highest BCUT2D eigenvalue weighted by atomic mass is 19.1. The quantitative estimate of drug-likeness (QED) is 0.367. The first-order valence-corrected chi connectivity index (χ1v) is 9.69. The smallest absolute Gasteiger partial charge is 0.251 e. The Kier molecular flexibility index (Phi) is 6.84. The molecule has 1 amide bonds. The van der Waals surface area contributed by atoms with Crippen molar-refractivity contribution in [1.82, 2.24) is 20.9 Å². The number of hydrogen-bond donors (Lipinski definition) is 4. The molecule has 0 unspecified atom stereocenters. The van der Waals surface area contributed by atoms with Crippen molar-refractivity contribution >= 4 is 22.8 Å². The predicted molar refractivity (Wildman–Crippen MR) is 115 cm³/mol. The van der Waals surface area contributed by atoms with Crippen molar-refractivity contribution in [2.75, 3.05) is 20.1 Å². The first-order chi connectivity index (χ1) is 14.1. The number of guanidine groups is 1. The second-order valence-corrected chi connectivity index (χ2v) is 6.66. The van der Waals surface area contributed by atoms with Gasteiger partial charge in [-0.25, -0.2) is 9.38 Å². The van der Waals surface area contributed by atoms with Gasteiger partial charge in [0.1, 0.15) is 5.82 Å². The van der Waals surface area contributed by atoms with Crippen LogP contribution in [0.5, 0.6) is 0 Å². The Bertz CT molecular complexity index is 1010. The molecule has 0 saturated heterocycles. The molecule has 2 aromatic carbocycles. The van der Waals surface area contributed by atoms with E-state index >= 15 is 0 Å². The third-order valence-electron chi connectivity index (χ3n) is 4.60. The normalized spacial score (nSPS) is 11.5. The molecule has 0 saturated carbocycles. The lowest BCUT2D eigenvalue weighted by Gasteiger charge is -2.11. The summed E-state index contributed by atoms with van der Waals surface area (Å²) in [5.41, 5.74) is 3.55. The monoisotopic (exact) mass is 395 g/mol. The minimum atomic E-state index is -0.236. The number of nitrogens with one attached hydrogen (secondary N) is 4. The molecule has 4 N–H and O–H groups in total. The molecule has 3 aromatic rings. The van der Waals surface area contributed by atoms with Gasteiger partial charge in [-0.1, -0.05) is 12.1 Å². The average Bonchev–Trinajstić information content (AvgIpc) is 3.13. The summed E-state index contributed by atoms with van der Waals surface area (Å²) in [6, 6.07) is 12.2. The maximum atomic E-state index is 13.5. The van der Waals surface area contributed by atoms with Gasteiger partial charge < -0.3 is 20.9 Å². The summed E-state index contributed by atoms with van der Waals surface area (Å²) >= 11 is 0. The molecule has 1 aromatic heterocycles. The van der Waals surface area contributed by atoms with Gasteiger partial charge in [-0.05, 0) is 54.8 Å². The molecule has 7 heteroatoms. The van der Waals surface area contributed by atoms with E-state index in [2.05, 4.69) is 25.9 Å². The number of halogens is 1. The van der Waals surface area contributed by atoms with Crippen molar-refractivity contribution < 1.29 is 9.18 Å². The van der Waals surface area contributed by atoms with Crippen LogP contribution in [0.1, 0.15) is 28.4 Å². The number of nitrogens with zero attached hydrogens (tertiary/aromatic N) is 1. The van der Waals surface area contributed by atoms with Crippen LogP contribution in [0.15, 0.2) is 53.7 Å². The molecule has 0 aliphatic rings. The van der Waals surface area contributed by atoms with E-state index < -0.39 is 0 Å². The van der Waals surface area contributed by atoms with Gasteiger partial charge >= 0.3 is 0 Å². The van der Waals surface area contributed by atoms with Crippen LogP contribution in [0.2, 0.25) is 0 Å². The number of benzene rings is 2. The number of hydrogen-bond acceptors (Lipinski definition) is 2. The van der Waals surface area contributed by atoms with Crippen LogP contribution in [0, 0.1) is 5.82 Å². The van der Waals surface area contributed by atoms with Gasteiger partial charge in [0.05, 0.1) is 6.54 Å². The van der Waals surface area contributed by atoms with Crippen LogP contribution < -0.4 is 16.0 Å². The summed E-state index contributed by atoms with van der Waals surface area (Å²) < 4.78 is 13.5. The number of aliphatic imine (C=N–C) groups is 1. The van der Waals surface area contributed by atoms with E-state index in [0.29, 0.717) is 24.6 Å². The number of rotatable bonds is 7.